The van der Waals surface area contributed by atoms with Crippen LogP contribution in [0, 0.1) is 13.8 Å². The Morgan fingerprint density at radius 2 is 2.11 bits per heavy atom. The molecule has 1 radical (unpaired) electrons. The van der Waals surface area contributed by atoms with Crippen LogP contribution in [0.1, 0.15) is 43.5 Å². The monoisotopic (exact) mass is 243 g/mol. The molecule has 0 fully saturated rings. The quantitative estimate of drug-likeness (QED) is 0.791. The lowest BCUT2D eigenvalue weighted by Crippen LogP contribution is -1.96. The van der Waals surface area contributed by atoms with Gasteiger partial charge in [-0.2, -0.15) is 4.98 Å². The molecule has 0 amide bonds. The van der Waals surface area contributed by atoms with E-state index < -0.39 is 0 Å². The van der Waals surface area contributed by atoms with Gasteiger partial charge in [0.2, 0.25) is 0 Å². The highest BCUT2D eigenvalue weighted by atomic mass is 16.5. The predicted molar refractivity (Wildman–Crippen MR) is 72.1 cm³/mol. The minimum Gasteiger partial charge on any atom is -0.334 e. The molecule has 0 aliphatic heterocycles. The lowest BCUT2D eigenvalue weighted by molar-refractivity contribution is 0.417. The molecule has 2 rings (SSSR count). The van der Waals surface area contributed by atoms with Crippen LogP contribution in [0.4, 0.5) is 0 Å². The fourth-order valence-corrected chi connectivity index (χ4v) is 1.90. The van der Waals surface area contributed by atoms with Crippen molar-refractivity contribution < 1.29 is 4.52 Å². The van der Waals surface area contributed by atoms with Gasteiger partial charge >= 0.3 is 0 Å². The van der Waals surface area contributed by atoms with Crippen LogP contribution in [0.2, 0.25) is 0 Å². The molecule has 0 aliphatic carbocycles. The Labute approximate surface area is 108 Å². The fraction of sp³-hybridized carbons (Fsp3) is 0.400. The number of rotatable bonds is 5. The first kappa shape index (κ1) is 12.8. The van der Waals surface area contributed by atoms with Crippen molar-refractivity contribution in [3.8, 4) is 11.5 Å². The van der Waals surface area contributed by atoms with Crippen LogP contribution < -0.4 is 0 Å². The van der Waals surface area contributed by atoms with Crippen molar-refractivity contribution in [1.29, 1.82) is 0 Å². The molecule has 0 N–H and O–H groups in total. The number of aromatic nitrogens is 2. The van der Waals surface area contributed by atoms with Crippen molar-refractivity contribution in [2.24, 2.45) is 0 Å². The van der Waals surface area contributed by atoms with Crippen molar-refractivity contribution in [3.05, 3.63) is 42.6 Å². The SMILES string of the molecule is [CH2]C(CCCC)c1noc(-c2ccccc2C)n1. The Kier molecular flexibility index (Phi) is 4.13. The molecule has 1 unspecified atom stereocenters. The van der Waals surface area contributed by atoms with Crippen molar-refractivity contribution >= 4 is 0 Å². The van der Waals surface area contributed by atoms with Crippen LogP contribution in [0.15, 0.2) is 28.8 Å². The lowest BCUT2D eigenvalue weighted by Gasteiger charge is -2.03. The van der Waals surface area contributed by atoms with Crippen LogP contribution in [0.5, 0.6) is 0 Å². The summed E-state index contributed by atoms with van der Waals surface area (Å²) in [6.45, 7) is 8.30. The Balaban J connectivity index is 2.18. The van der Waals surface area contributed by atoms with E-state index in [0.717, 1.165) is 30.4 Å². The highest BCUT2D eigenvalue weighted by molar-refractivity contribution is 5.57. The molecular formula is C15H19N2O. The summed E-state index contributed by atoms with van der Waals surface area (Å²) < 4.78 is 5.33. The number of unbranched alkanes of at least 4 members (excludes halogenated alkanes) is 1. The van der Waals surface area contributed by atoms with Gasteiger partial charge in [0, 0.05) is 11.5 Å². The second-order valence-corrected chi connectivity index (χ2v) is 4.61. The van der Waals surface area contributed by atoms with Gasteiger partial charge in [-0.05, 0) is 31.9 Å². The fourth-order valence-electron chi connectivity index (χ4n) is 1.90. The summed E-state index contributed by atoms with van der Waals surface area (Å²) in [5.41, 5.74) is 2.14. The zero-order chi connectivity index (χ0) is 13.0. The van der Waals surface area contributed by atoms with Crippen molar-refractivity contribution in [1.82, 2.24) is 10.1 Å². The highest BCUT2D eigenvalue weighted by Gasteiger charge is 2.15. The van der Waals surface area contributed by atoms with Crippen LogP contribution in [0.25, 0.3) is 11.5 Å². The zero-order valence-electron chi connectivity index (χ0n) is 11.0. The van der Waals surface area contributed by atoms with Gasteiger partial charge in [0.1, 0.15) is 0 Å². The first-order chi connectivity index (χ1) is 8.72. The van der Waals surface area contributed by atoms with E-state index in [-0.39, 0.29) is 5.92 Å². The van der Waals surface area contributed by atoms with Crippen molar-refractivity contribution in [2.75, 3.05) is 0 Å². The summed E-state index contributed by atoms with van der Waals surface area (Å²) in [5, 5.41) is 4.04. The van der Waals surface area contributed by atoms with E-state index in [1.807, 2.05) is 31.2 Å². The summed E-state index contributed by atoms with van der Waals surface area (Å²) in [5.74, 6) is 1.42. The molecule has 0 bridgehead atoms. The summed E-state index contributed by atoms with van der Waals surface area (Å²) in [4.78, 5) is 4.45. The molecule has 0 saturated heterocycles. The van der Waals surface area contributed by atoms with Gasteiger partial charge in [0.05, 0.1) is 0 Å². The molecule has 0 aliphatic rings. The molecule has 0 saturated carbocycles. The van der Waals surface area contributed by atoms with E-state index in [1.165, 1.54) is 0 Å². The summed E-state index contributed by atoms with van der Waals surface area (Å²) in [6.07, 6.45) is 3.31. The topological polar surface area (TPSA) is 38.9 Å². The van der Waals surface area contributed by atoms with E-state index in [0.29, 0.717) is 11.7 Å². The Bertz CT molecular complexity index is 505. The van der Waals surface area contributed by atoms with Gasteiger partial charge < -0.3 is 4.52 Å². The molecule has 1 heterocycles. The number of hydrogen-bond acceptors (Lipinski definition) is 3. The minimum atomic E-state index is 0.117. The van der Waals surface area contributed by atoms with Crippen molar-refractivity contribution in [2.45, 2.75) is 39.0 Å². The molecule has 2 aromatic rings. The van der Waals surface area contributed by atoms with E-state index >= 15 is 0 Å². The standard InChI is InChI=1S/C15H19N2O/c1-4-5-8-12(3)14-16-15(18-17-14)13-10-7-6-9-11(13)2/h6-7,9-10,12H,3-5,8H2,1-2H3. The largest absolute Gasteiger partial charge is 0.334 e. The second kappa shape index (κ2) is 5.80. The van der Waals surface area contributed by atoms with E-state index in [9.17, 15) is 0 Å². The predicted octanol–water partition coefficient (Wildman–Crippen LogP) is 4.15. The third-order valence-electron chi connectivity index (χ3n) is 3.09. The summed E-state index contributed by atoms with van der Waals surface area (Å²) in [6, 6.07) is 8.02. The van der Waals surface area contributed by atoms with E-state index in [2.05, 4.69) is 24.0 Å². The molecule has 1 aromatic carbocycles. The summed E-state index contributed by atoms with van der Waals surface area (Å²) >= 11 is 0. The zero-order valence-corrected chi connectivity index (χ0v) is 11.0. The minimum absolute atomic E-state index is 0.117. The summed E-state index contributed by atoms with van der Waals surface area (Å²) in [7, 11) is 0. The average molecular weight is 243 g/mol. The van der Waals surface area contributed by atoms with Gasteiger partial charge in [-0.1, -0.05) is 43.1 Å². The molecular weight excluding hydrogens is 224 g/mol. The Morgan fingerprint density at radius 1 is 1.33 bits per heavy atom. The average Bonchev–Trinajstić information content (AvgIpc) is 2.86. The molecule has 95 valence electrons. The Morgan fingerprint density at radius 3 is 2.83 bits per heavy atom. The number of benzene rings is 1. The first-order valence-electron chi connectivity index (χ1n) is 6.45. The molecule has 1 aromatic heterocycles. The smallest absolute Gasteiger partial charge is 0.258 e. The normalized spacial score (nSPS) is 12.6. The van der Waals surface area contributed by atoms with Gasteiger partial charge in [-0.25, -0.2) is 0 Å². The third-order valence-corrected chi connectivity index (χ3v) is 3.09. The van der Waals surface area contributed by atoms with E-state index in [4.69, 9.17) is 4.52 Å². The number of hydrogen-bond donors (Lipinski definition) is 0. The maximum atomic E-state index is 5.33. The molecule has 3 heteroatoms. The van der Waals surface area contributed by atoms with Crippen LogP contribution in [0.3, 0.4) is 0 Å². The number of aryl methyl sites for hydroxylation is 1. The van der Waals surface area contributed by atoms with E-state index in [1.54, 1.807) is 0 Å². The third kappa shape index (κ3) is 2.78. The van der Waals surface area contributed by atoms with Gasteiger partial charge in [0.25, 0.3) is 5.89 Å². The highest BCUT2D eigenvalue weighted by Crippen LogP contribution is 2.24. The number of nitrogens with zero attached hydrogens (tertiary/aromatic N) is 2. The molecule has 3 nitrogen and oxygen atoms in total. The van der Waals surface area contributed by atoms with Crippen molar-refractivity contribution in [3.63, 3.8) is 0 Å². The van der Waals surface area contributed by atoms with Gasteiger partial charge in [-0.3, -0.25) is 0 Å². The van der Waals surface area contributed by atoms with Crippen LogP contribution in [-0.4, -0.2) is 10.1 Å². The molecule has 1 atom stereocenters. The maximum absolute atomic E-state index is 5.33. The lowest BCUT2D eigenvalue weighted by atomic mass is 10.0. The molecule has 0 spiro atoms. The second-order valence-electron chi connectivity index (χ2n) is 4.61. The Hall–Kier alpha value is -1.64. The van der Waals surface area contributed by atoms with Crippen LogP contribution >= 0.6 is 0 Å². The van der Waals surface area contributed by atoms with Gasteiger partial charge in [0.15, 0.2) is 5.82 Å². The molecule has 18 heavy (non-hydrogen) atoms. The van der Waals surface area contributed by atoms with Crippen LogP contribution in [-0.2, 0) is 0 Å². The maximum Gasteiger partial charge on any atom is 0.258 e. The van der Waals surface area contributed by atoms with Gasteiger partial charge in [-0.15, -0.1) is 0 Å². The first-order valence-corrected chi connectivity index (χ1v) is 6.45.